The van der Waals surface area contributed by atoms with E-state index in [4.69, 9.17) is 4.74 Å². The third kappa shape index (κ3) is 1.89. The molecular formula is C9H13N5O. The smallest absolute Gasteiger partial charge is 0.182 e. The van der Waals surface area contributed by atoms with Crippen LogP contribution < -0.4 is 4.90 Å². The molecule has 2 aromatic heterocycles. The molecule has 1 N–H and O–H groups in total. The molecule has 2 heterocycles. The first-order valence-electron chi connectivity index (χ1n) is 4.67. The molecule has 0 aliphatic rings. The Balaban J connectivity index is 2.29. The molecule has 6 heteroatoms. The third-order valence-corrected chi connectivity index (χ3v) is 2.20. The quantitative estimate of drug-likeness (QED) is 0.787. The number of rotatable bonds is 4. The van der Waals surface area contributed by atoms with Gasteiger partial charge in [0, 0.05) is 20.7 Å². The number of aromatic nitrogens is 4. The lowest BCUT2D eigenvalue weighted by Crippen LogP contribution is -2.23. The van der Waals surface area contributed by atoms with Gasteiger partial charge in [0.15, 0.2) is 11.5 Å². The second-order valence-electron chi connectivity index (χ2n) is 3.21. The van der Waals surface area contributed by atoms with Crippen LogP contribution in [0.1, 0.15) is 0 Å². The molecule has 2 rings (SSSR count). The predicted octanol–water partition coefficient (Wildman–Crippen LogP) is 0.435. The lowest BCUT2D eigenvalue weighted by molar-refractivity contribution is 0.206. The average Bonchev–Trinajstić information content (AvgIpc) is 2.73. The van der Waals surface area contributed by atoms with Crippen LogP contribution in [-0.4, -0.2) is 47.2 Å². The van der Waals surface area contributed by atoms with E-state index in [0.717, 1.165) is 17.9 Å². The molecule has 15 heavy (non-hydrogen) atoms. The van der Waals surface area contributed by atoms with Gasteiger partial charge in [-0.15, -0.1) is 0 Å². The Morgan fingerprint density at radius 3 is 3.07 bits per heavy atom. The van der Waals surface area contributed by atoms with Crippen molar-refractivity contribution in [2.24, 2.45) is 0 Å². The zero-order valence-corrected chi connectivity index (χ0v) is 8.77. The summed E-state index contributed by atoms with van der Waals surface area (Å²) in [5.41, 5.74) is 1.54. The summed E-state index contributed by atoms with van der Waals surface area (Å²) in [5.74, 6) is 0.842. The first-order chi connectivity index (χ1) is 7.33. The van der Waals surface area contributed by atoms with Crippen molar-refractivity contribution in [1.82, 2.24) is 19.9 Å². The zero-order chi connectivity index (χ0) is 10.7. The maximum atomic E-state index is 5.02. The van der Waals surface area contributed by atoms with Gasteiger partial charge in [0.1, 0.15) is 11.8 Å². The van der Waals surface area contributed by atoms with Gasteiger partial charge in [-0.3, -0.25) is 0 Å². The van der Waals surface area contributed by atoms with Crippen LogP contribution >= 0.6 is 0 Å². The van der Waals surface area contributed by atoms with E-state index >= 15 is 0 Å². The maximum Gasteiger partial charge on any atom is 0.182 e. The Hall–Kier alpha value is -1.69. The second-order valence-corrected chi connectivity index (χ2v) is 3.21. The van der Waals surface area contributed by atoms with Gasteiger partial charge in [-0.1, -0.05) is 0 Å². The minimum atomic E-state index is 0.663. The normalized spacial score (nSPS) is 10.8. The van der Waals surface area contributed by atoms with E-state index in [9.17, 15) is 0 Å². The van der Waals surface area contributed by atoms with E-state index in [0.29, 0.717) is 12.3 Å². The summed E-state index contributed by atoms with van der Waals surface area (Å²) in [5, 5.41) is 0. The van der Waals surface area contributed by atoms with Crippen molar-refractivity contribution < 1.29 is 4.74 Å². The molecule has 0 aromatic carbocycles. The molecule has 80 valence electrons. The van der Waals surface area contributed by atoms with Gasteiger partial charge in [-0.2, -0.15) is 0 Å². The third-order valence-electron chi connectivity index (χ3n) is 2.20. The molecule has 0 fully saturated rings. The minimum absolute atomic E-state index is 0.663. The molecule has 0 saturated heterocycles. The first kappa shape index (κ1) is 9.85. The number of fused-ring (bicyclic) bond motifs is 1. The van der Waals surface area contributed by atoms with Crippen molar-refractivity contribution >= 4 is 17.0 Å². The molecule has 0 aliphatic heterocycles. The van der Waals surface area contributed by atoms with Gasteiger partial charge in [0.2, 0.25) is 0 Å². The van der Waals surface area contributed by atoms with Crippen LogP contribution in [0, 0.1) is 0 Å². The average molecular weight is 207 g/mol. The summed E-state index contributed by atoms with van der Waals surface area (Å²) in [6.07, 6.45) is 3.13. The Bertz CT molecular complexity index is 441. The van der Waals surface area contributed by atoms with Gasteiger partial charge in [0.05, 0.1) is 12.9 Å². The summed E-state index contributed by atoms with van der Waals surface area (Å²) in [7, 11) is 3.64. The Kier molecular flexibility index (Phi) is 2.77. The fraction of sp³-hybridized carbons (Fsp3) is 0.444. The van der Waals surface area contributed by atoms with E-state index in [2.05, 4.69) is 19.9 Å². The standard InChI is InChI=1S/C9H13N5O/c1-14(3-4-15-2)9-7-8(11-5-10-7)12-6-13-9/h5-6H,3-4H2,1-2H3,(H,10,11,12,13). The van der Waals surface area contributed by atoms with Gasteiger partial charge in [-0.05, 0) is 0 Å². The number of aromatic amines is 1. The summed E-state index contributed by atoms with van der Waals surface area (Å²) in [6.45, 7) is 1.44. The topological polar surface area (TPSA) is 66.9 Å². The Labute approximate surface area is 87.3 Å². The van der Waals surface area contributed by atoms with Crippen molar-refractivity contribution in [3.05, 3.63) is 12.7 Å². The molecule has 0 bridgehead atoms. The Morgan fingerprint density at radius 1 is 1.40 bits per heavy atom. The van der Waals surface area contributed by atoms with Crippen LogP contribution in [-0.2, 0) is 4.74 Å². The van der Waals surface area contributed by atoms with Crippen molar-refractivity contribution in [2.45, 2.75) is 0 Å². The molecule has 0 amide bonds. The number of nitrogens with zero attached hydrogens (tertiary/aromatic N) is 4. The lowest BCUT2D eigenvalue weighted by atomic mass is 10.4. The summed E-state index contributed by atoms with van der Waals surface area (Å²) < 4.78 is 5.02. The van der Waals surface area contributed by atoms with Crippen LogP contribution in [0.15, 0.2) is 12.7 Å². The summed E-state index contributed by atoms with van der Waals surface area (Å²) in [4.78, 5) is 17.4. The Morgan fingerprint density at radius 2 is 2.27 bits per heavy atom. The first-order valence-corrected chi connectivity index (χ1v) is 4.67. The monoisotopic (exact) mass is 207 g/mol. The zero-order valence-electron chi connectivity index (χ0n) is 8.77. The molecule has 0 atom stereocenters. The van der Waals surface area contributed by atoms with Crippen LogP contribution in [0.25, 0.3) is 11.2 Å². The molecule has 0 aliphatic carbocycles. The number of likely N-dealkylation sites (N-methyl/N-ethyl adjacent to an activating group) is 1. The number of hydrogen-bond donors (Lipinski definition) is 1. The van der Waals surface area contributed by atoms with E-state index in [-0.39, 0.29) is 0 Å². The number of anilines is 1. The highest BCUT2D eigenvalue weighted by atomic mass is 16.5. The minimum Gasteiger partial charge on any atom is -0.383 e. The van der Waals surface area contributed by atoms with E-state index < -0.39 is 0 Å². The van der Waals surface area contributed by atoms with E-state index in [1.165, 1.54) is 6.33 Å². The molecule has 0 radical (unpaired) electrons. The number of nitrogens with one attached hydrogen (secondary N) is 1. The molecule has 0 spiro atoms. The number of imidazole rings is 1. The van der Waals surface area contributed by atoms with Crippen molar-refractivity contribution in [1.29, 1.82) is 0 Å². The highest BCUT2D eigenvalue weighted by Crippen LogP contribution is 2.17. The molecule has 0 unspecified atom stereocenters. The van der Waals surface area contributed by atoms with Crippen LogP contribution in [0.3, 0.4) is 0 Å². The fourth-order valence-electron chi connectivity index (χ4n) is 1.38. The van der Waals surface area contributed by atoms with Crippen LogP contribution in [0.4, 0.5) is 5.82 Å². The number of hydrogen-bond acceptors (Lipinski definition) is 5. The molecule has 2 aromatic rings. The molecule has 6 nitrogen and oxygen atoms in total. The lowest BCUT2D eigenvalue weighted by Gasteiger charge is -2.17. The van der Waals surface area contributed by atoms with Gasteiger partial charge in [0.25, 0.3) is 0 Å². The number of H-pyrrole nitrogens is 1. The molecular weight excluding hydrogens is 194 g/mol. The second kappa shape index (κ2) is 4.22. The SMILES string of the molecule is COCCN(C)c1ncnc2nc[nH]c12. The fourth-order valence-corrected chi connectivity index (χ4v) is 1.38. The van der Waals surface area contributed by atoms with Gasteiger partial charge >= 0.3 is 0 Å². The van der Waals surface area contributed by atoms with Crippen LogP contribution in [0.5, 0.6) is 0 Å². The van der Waals surface area contributed by atoms with Crippen LogP contribution in [0.2, 0.25) is 0 Å². The summed E-state index contributed by atoms with van der Waals surface area (Å²) >= 11 is 0. The van der Waals surface area contributed by atoms with E-state index in [1.54, 1.807) is 13.4 Å². The largest absolute Gasteiger partial charge is 0.383 e. The molecule has 0 saturated carbocycles. The van der Waals surface area contributed by atoms with Crippen molar-refractivity contribution in [3.8, 4) is 0 Å². The van der Waals surface area contributed by atoms with Crippen molar-refractivity contribution in [2.75, 3.05) is 32.2 Å². The highest BCUT2D eigenvalue weighted by Gasteiger charge is 2.09. The summed E-state index contributed by atoms with van der Waals surface area (Å²) in [6, 6.07) is 0. The number of methoxy groups -OCH3 is 1. The van der Waals surface area contributed by atoms with Gasteiger partial charge < -0.3 is 14.6 Å². The number of ether oxygens (including phenoxy) is 1. The maximum absolute atomic E-state index is 5.02. The predicted molar refractivity (Wildman–Crippen MR) is 56.8 cm³/mol. The van der Waals surface area contributed by atoms with E-state index in [1.807, 2.05) is 11.9 Å². The highest BCUT2D eigenvalue weighted by molar-refractivity contribution is 5.82. The van der Waals surface area contributed by atoms with Crippen molar-refractivity contribution in [3.63, 3.8) is 0 Å². The van der Waals surface area contributed by atoms with Gasteiger partial charge in [-0.25, -0.2) is 15.0 Å².